The molecule has 3 heterocycles. The maximum absolute atomic E-state index is 4.64. The Hall–Kier alpha value is -1.70. The molecule has 0 saturated carbocycles. The van der Waals surface area contributed by atoms with E-state index >= 15 is 0 Å². The maximum atomic E-state index is 4.64. The summed E-state index contributed by atoms with van der Waals surface area (Å²) in [5.74, 6) is 0.932. The molecule has 0 amide bonds. The zero-order valence-electron chi connectivity index (χ0n) is 11.5. The van der Waals surface area contributed by atoms with E-state index in [9.17, 15) is 0 Å². The third kappa shape index (κ3) is 2.35. The lowest BCUT2D eigenvalue weighted by molar-refractivity contribution is 0.906. The number of anilines is 1. The zero-order chi connectivity index (χ0) is 14.3. The van der Waals surface area contributed by atoms with Crippen LogP contribution in [0.1, 0.15) is 5.56 Å². The van der Waals surface area contributed by atoms with Gasteiger partial charge in [0.2, 0.25) is 0 Å². The summed E-state index contributed by atoms with van der Waals surface area (Å²) in [5.41, 5.74) is 3.89. The van der Waals surface area contributed by atoms with Gasteiger partial charge in [-0.1, -0.05) is 0 Å². The van der Waals surface area contributed by atoms with Crippen molar-refractivity contribution in [3.8, 4) is 11.3 Å². The van der Waals surface area contributed by atoms with Crippen LogP contribution in [0.2, 0.25) is 0 Å². The lowest BCUT2D eigenvalue weighted by Gasteiger charge is -2.10. The summed E-state index contributed by atoms with van der Waals surface area (Å²) < 4.78 is 2.78. The molecule has 6 heteroatoms. The van der Waals surface area contributed by atoms with Crippen molar-refractivity contribution in [3.63, 3.8) is 0 Å². The summed E-state index contributed by atoms with van der Waals surface area (Å²) in [7, 11) is 3.95. The maximum Gasteiger partial charge on any atom is 0.157 e. The van der Waals surface area contributed by atoms with Crippen LogP contribution in [-0.4, -0.2) is 33.7 Å². The minimum atomic E-state index is 0.886. The molecule has 0 aromatic carbocycles. The molecule has 0 radical (unpaired) electrons. The molecule has 0 fully saturated rings. The van der Waals surface area contributed by atoms with Gasteiger partial charge < -0.3 is 4.90 Å². The first kappa shape index (κ1) is 13.3. The number of nitrogens with zero attached hydrogens (tertiary/aromatic N) is 5. The van der Waals surface area contributed by atoms with E-state index < -0.39 is 0 Å². The molecule has 3 aromatic heterocycles. The standard InChI is InChI=1S/C14H14IN5/c1-9-6-12(15)18-20-8-11(17-14(9)20)10-4-5-13(16-7-10)19(2)3/h4-8H,1-3H3. The van der Waals surface area contributed by atoms with Crippen molar-refractivity contribution in [1.82, 2.24) is 19.6 Å². The van der Waals surface area contributed by atoms with Crippen molar-refractivity contribution in [2.45, 2.75) is 6.92 Å². The Kier molecular flexibility index (Phi) is 3.33. The lowest BCUT2D eigenvalue weighted by atomic mass is 10.2. The van der Waals surface area contributed by atoms with Crippen molar-refractivity contribution in [2.75, 3.05) is 19.0 Å². The molecule has 0 aliphatic heterocycles. The molecule has 0 spiro atoms. The van der Waals surface area contributed by atoms with E-state index in [1.807, 2.05) is 61.0 Å². The highest BCUT2D eigenvalue weighted by Gasteiger charge is 2.09. The zero-order valence-corrected chi connectivity index (χ0v) is 13.7. The predicted octanol–water partition coefficient (Wildman–Crippen LogP) is 2.77. The molecule has 3 rings (SSSR count). The predicted molar refractivity (Wildman–Crippen MR) is 88.0 cm³/mol. The molecule has 0 aliphatic rings. The van der Waals surface area contributed by atoms with Crippen LogP contribution in [0.3, 0.4) is 0 Å². The quantitative estimate of drug-likeness (QED) is 0.643. The van der Waals surface area contributed by atoms with Crippen LogP contribution in [0, 0.1) is 10.6 Å². The second-order valence-electron chi connectivity index (χ2n) is 4.84. The van der Waals surface area contributed by atoms with Gasteiger partial charge in [-0.25, -0.2) is 14.5 Å². The van der Waals surface area contributed by atoms with E-state index in [1.54, 1.807) is 0 Å². The molecule has 5 nitrogen and oxygen atoms in total. The molecule has 0 saturated heterocycles. The third-order valence-corrected chi connectivity index (χ3v) is 3.61. The van der Waals surface area contributed by atoms with Gasteiger partial charge in [-0.2, -0.15) is 5.10 Å². The molecule has 0 unspecified atom stereocenters. The normalized spacial score (nSPS) is 11.0. The van der Waals surface area contributed by atoms with Gasteiger partial charge in [0.05, 0.1) is 11.9 Å². The highest BCUT2D eigenvalue weighted by Crippen LogP contribution is 2.21. The molecular formula is C14H14IN5. The monoisotopic (exact) mass is 379 g/mol. The van der Waals surface area contributed by atoms with Crippen LogP contribution in [0.25, 0.3) is 16.9 Å². The largest absolute Gasteiger partial charge is 0.363 e. The molecule has 0 N–H and O–H groups in total. The van der Waals surface area contributed by atoms with E-state index in [-0.39, 0.29) is 0 Å². The number of pyridine rings is 1. The van der Waals surface area contributed by atoms with Crippen molar-refractivity contribution in [3.05, 3.63) is 39.9 Å². The van der Waals surface area contributed by atoms with Crippen LogP contribution in [0.15, 0.2) is 30.6 Å². The van der Waals surface area contributed by atoms with Gasteiger partial charge in [0.15, 0.2) is 5.65 Å². The Balaban J connectivity index is 2.08. The van der Waals surface area contributed by atoms with E-state index in [0.29, 0.717) is 0 Å². The van der Waals surface area contributed by atoms with Crippen LogP contribution in [-0.2, 0) is 0 Å². The number of rotatable bonds is 2. The average Bonchev–Trinajstić information content (AvgIpc) is 2.83. The lowest BCUT2D eigenvalue weighted by Crippen LogP contribution is -2.09. The number of aromatic nitrogens is 4. The first-order valence-electron chi connectivity index (χ1n) is 6.21. The highest BCUT2D eigenvalue weighted by molar-refractivity contribution is 14.1. The SMILES string of the molecule is Cc1cc(I)nn2cc(-c3ccc(N(C)C)nc3)nc12. The highest BCUT2D eigenvalue weighted by atomic mass is 127. The van der Waals surface area contributed by atoms with Crippen LogP contribution in [0.5, 0.6) is 0 Å². The first-order chi connectivity index (χ1) is 9.54. The third-order valence-electron chi connectivity index (χ3n) is 3.08. The van der Waals surface area contributed by atoms with Gasteiger partial charge in [-0.3, -0.25) is 0 Å². The van der Waals surface area contributed by atoms with E-state index in [1.165, 1.54) is 0 Å². The number of fused-ring (bicyclic) bond motifs is 1. The molecule has 0 bridgehead atoms. The fraction of sp³-hybridized carbons (Fsp3) is 0.214. The Morgan fingerprint density at radius 1 is 1.25 bits per heavy atom. The molecule has 0 atom stereocenters. The van der Waals surface area contributed by atoms with Crippen molar-refractivity contribution in [2.24, 2.45) is 0 Å². The van der Waals surface area contributed by atoms with Crippen molar-refractivity contribution >= 4 is 34.1 Å². The van der Waals surface area contributed by atoms with Crippen molar-refractivity contribution < 1.29 is 0 Å². The number of imidazole rings is 1. The second kappa shape index (κ2) is 5.01. The summed E-state index contributed by atoms with van der Waals surface area (Å²) in [5, 5.41) is 4.44. The van der Waals surface area contributed by atoms with E-state index in [2.05, 4.69) is 37.7 Å². The average molecular weight is 379 g/mol. The second-order valence-corrected chi connectivity index (χ2v) is 5.95. The molecule has 102 valence electrons. The minimum Gasteiger partial charge on any atom is -0.363 e. The van der Waals surface area contributed by atoms with Crippen LogP contribution in [0.4, 0.5) is 5.82 Å². The summed E-state index contributed by atoms with van der Waals surface area (Å²) in [4.78, 5) is 11.0. The van der Waals surface area contributed by atoms with E-state index in [4.69, 9.17) is 0 Å². The number of aryl methyl sites for hydroxylation is 1. The van der Waals surface area contributed by atoms with Gasteiger partial charge in [0, 0.05) is 25.9 Å². The summed E-state index contributed by atoms with van der Waals surface area (Å²) in [6.45, 7) is 2.04. The smallest absolute Gasteiger partial charge is 0.157 e. The Bertz CT molecular complexity index is 761. The minimum absolute atomic E-state index is 0.886. The Labute approximate surface area is 130 Å². The van der Waals surface area contributed by atoms with Crippen LogP contribution < -0.4 is 4.90 Å². The summed E-state index contributed by atoms with van der Waals surface area (Å²) in [6.07, 6.45) is 3.79. The van der Waals surface area contributed by atoms with Gasteiger partial charge >= 0.3 is 0 Å². The fourth-order valence-corrected chi connectivity index (χ4v) is 2.73. The van der Waals surface area contributed by atoms with Gasteiger partial charge in [-0.15, -0.1) is 0 Å². The van der Waals surface area contributed by atoms with Crippen LogP contribution >= 0.6 is 22.6 Å². The summed E-state index contributed by atoms with van der Waals surface area (Å²) in [6, 6.07) is 6.05. The number of hydrogen-bond acceptors (Lipinski definition) is 4. The van der Waals surface area contributed by atoms with Crippen molar-refractivity contribution in [1.29, 1.82) is 0 Å². The van der Waals surface area contributed by atoms with E-state index in [0.717, 1.165) is 32.0 Å². The molecule has 20 heavy (non-hydrogen) atoms. The number of halogens is 1. The molecular weight excluding hydrogens is 365 g/mol. The van der Waals surface area contributed by atoms with Gasteiger partial charge in [0.25, 0.3) is 0 Å². The van der Waals surface area contributed by atoms with Gasteiger partial charge in [-0.05, 0) is 53.3 Å². The topological polar surface area (TPSA) is 46.3 Å². The number of hydrogen-bond donors (Lipinski definition) is 0. The Morgan fingerprint density at radius 3 is 2.70 bits per heavy atom. The van der Waals surface area contributed by atoms with Gasteiger partial charge in [0.1, 0.15) is 9.52 Å². The first-order valence-corrected chi connectivity index (χ1v) is 7.29. The fourth-order valence-electron chi connectivity index (χ4n) is 2.03. The Morgan fingerprint density at radius 2 is 2.05 bits per heavy atom. The summed E-state index contributed by atoms with van der Waals surface area (Å²) >= 11 is 2.21. The molecule has 0 aliphatic carbocycles. The molecule has 3 aromatic rings.